The number of aliphatic hydroxyl groups excluding tert-OH is 1. The van der Waals surface area contributed by atoms with Crippen LogP contribution in [0.4, 0.5) is 0 Å². The van der Waals surface area contributed by atoms with Crippen LogP contribution in [0.2, 0.25) is 0 Å². The zero-order valence-corrected chi connectivity index (χ0v) is 14.2. The zero-order chi connectivity index (χ0) is 17.8. The van der Waals surface area contributed by atoms with E-state index in [0.717, 1.165) is 16.8 Å². The zero-order valence-electron chi connectivity index (χ0n) is 14.2. The van der Waals surface area contributed by atoms with Gasteiger partial charge in [0.15, 0.2) is 5.69 Å². The van der Waals surface area contributed by atoms with E-state index in [-0.39, 0.29) is 18.1 Å². The second kappa shape index (κ2) is 7.27. The molecule has 1 amide bonds. The van der Waals surface area contributed by atoms with Crippen LogP contribution >= 0.6 is 0 Å². The number of aromatic nitrogens is 3. The van der Waals surface area contributed by atoms with E-state index < -0.39 is 6.10 Å². The highest BCUT2D eigenvalue weighted by molar-refractivity contribution is 5.93. The number of nitrogens with zero attached hydrogens (tertiary/aromatic N) is 3. The van der Waals surface area contributed by atoms with Gasteiger partial charge in [-0.05, 0) is 31.5 Å². The number of aryl methyl sites for hydroxylation is 1. The Kier molecular flexibility index (Phi) is 4.90. The van der Waals surface area contributed by atoms with Crippen LogP contribution in [0, 0.1) is 13.8 Å². The normalized spacial score (nSPS) is 12.0. The van der Waals surface area contributed by atoms with Gasteiger partial charge in [-0.3, -0.25) is 4.79 Å². The smallest absolute Gasteiger partial charge is 0.273 e. The summed E-state index contributed by atoms with van der Waals surface area (Å²) in [5.41, 5.74) is 3.65. The Morgan fingerprint density at radius 1 is 1.12 bits per heavy atom. The topological polar surface area (TPSA) is 80.0 Å². The van der Waals surface area contributed by atoms with E-state index in [4.69, 9.17) is 0 Å². The van der Waals surface area contributed by atoms with Crippen LogP contribution in [0.25, 0.3) is 5.69 Å². The first-order chi connectivity index (χ1) is 12.1. The second-order valence-corrected chi connectivity index (χ2v) is 5.91. The monoisotopic (exact) mass is 336 g/mol. The molecular weight excluding hydrogens is 316 g/mol. The highest BCUT2D eigenvalue weighted by atomic mass is 16.3. The van der Waals surface area contributed by atoms with Crippen molar-refractivity contribution in [3.05, 3.63) is 77.1 Å². The van der Waals surface area contributed by atoms with E-state index in [9.17, 15) is 9.90 Å². The fourth-order valence-electron chi connectivity index (χ4n) is 2.54. The maximum Gasteiger partial charge on any atom is 0.273 e. The van der Waals surface area contributed by atoms with Crippen LogP contribution < -0.4 is 5.32 Å². The minimum Gasteiger partial charge on any atom is -0.387 e. The summed E-state index contributed by atoms with van der Waals surface area (Å²) < 4.78 is 1.63. The molecule has 0 fully saturated rings. The van der Waals surface area contributed by atoms with Crippen molar-refractivity contribution in [2.45, 2.75) is 20.0 Å². The average molecular weight is 336 g/mol. The Balaban J connectivity index is 1.70. The molecule has 1 aromatic heterocycles. The fraction of sp³-hybridized carbons (Fsp3) is 0.211. The van der Waals surface area contributed by atoms with E-state index in [1.165, 1.54) is 0 Å². The van der Waals surface area contributed by atoms with Gasteiger partial charge in [0.25, 0.3) is 5.91 Å². The summed E-state index contributed by atoms with van der Waals surface area (Å²) in [5, 5.41) is 20.9. The van der Waals surface area contributed by atoms with Gasteiger partial charge < -0.3 is 10.4 Å². The molecule has 2 N–H and O–H groups in total. The second-order valence-electron chi connectivity index (χ2n) is 5.91. The van der Waals surface area contributed by atoms with Gasteiger partial charge in [0.05, 0.1) is 17.5 Å². The van der Waals surface area contributed by atoms with Crippen LogP contribution in [0.5, 0.6) is 0 Å². The molecule has 1 heterocycles. The Labute approximate surface area is 146 Å². The molecule has 128 valence electrons. The number of aliphatic hydroxyl groups is 1. The molecule has 3 aromatic rings. The molecule has 0 saturated carbocycles. The standard InChI is InChI=1S/C19H20N4O2/c1-13-8-10-16(11-9-13)23-14(2)18(21-22-23)19(25)20-12-17(24)15-6-4-3-5-7-15/h3-11,17,24H,12H2,1-2H3,(H,20,25)/t17-/m1/s1. The van der Waals surface area contributed by atoms with E-state index in [0.29, 0.717) is 5.69 Å². The molecule has 2 aromatic carbocycles. The molecule has 0 aliphatic rings. The fourth-order valence-corrected chi connectivity index (χ4v) is 2.54. The number of nitrogens with one attached hydrogen (secondary N) is 1. The van der Waals surface area contributed by atoms with Crippen molar-refractivity contribution in [1.29, 1.82) is 0 Å². The lowest BCUT2D eigenvalue weighted by Crippen LogP contribution is -2.29. The number of amides is 1. The Hall–Kier alpha value is -2.99. The summed E-state index contributed by atoms with van der Waals surface area (Å²) in [6.07, 6.45) is -0.766. The molecule has 25 heavy (non-hydrogen) atoms. The highest BCUT2D eigenvalue weighted by Gasteiger charge is 2.18. The average Bonchev–Trinajstić information content (AvgIpc) is 3.02. The predicted molar refractivity (Wildman–Crippen MR) is 94.6 cm³/mol. The van der Waals surface area contributed by atoms with Gasteiger partial charge >= 0.3 is 0 Å². The van der Waals surface area contributed by atoms with E-state index >= 15 is 0 Å². The molecule has 0 aliphatic heterocycles. The molecule has 0 saturated heterocycles. The molecular formula is C19H20N4O2. The largest absolute Gasteiger partial charge is 0.387 e. The molecule has 0 aliphatic carbocycles. The summed E-state index contributed by atoms with van der Waals surface area (Å²) in [6, 6.07) is 17.0. The maximum absolute atomic E-state index is 12.4. The number of hydrogen-bond acceptors (Lipinski definition) is 4. The first-order valence-corrected chi connectivity index (χ1v) is 8.07. The number of benzene rings is 2. The van der Waals surface area contributed by atoms with Crippen LogP contribution in [-0.4, -0.2) is 32.6 Å². The van der Waals surface area contributed by atoms with E-state index in [2.05, 4.69) is 15.6 Å². The van der Waals surface area contributed by atoms with Crippen molar-refractivity contribution < 1.29 is 9.90 Å². The van der Waals surface area contributed by atoms with Gasteiger partial charge in [-0.1, -0.05) is 53.2 Å². The van der Waals surface area contributed by atoms with Gasteiger partial charge in [-0.25, -0.2) is 4.68 Å². The highest BCUT2D eigenvalue weighted by Crippen LogP contribution is 2.14. The van der Waals surface area contributed by atoms with Gasteiger partial charge in [0, 0.05) is 6.54 Å². The van der Waals surface area contributed by atoms with Gasteiger partial charge in [0.2, 0.25) is 0 Å². The molecule has 0 spiro atoms. The summed E-state index contributed by atoms with van der Waals surface area (Å²) in [6.45, 7) is 3.91. The first-order valence-electron chi connectivity index (χ1n) is 8.07. The van der Waals surface area contributed by atoms with E-state index in [1.54, 1.807) is 11.6 Å². The lowest BCUT2D eigenvalue weighted by molar-refractivity contribution is 0.0910. The van der Waals surface area contributed by atoms with Crippen molar-refractivity contribution >= 4 is 5.91 Å². The number of rotatable bonds is 5. The molecule has 0 radical (unpaired) electrons. The third kappa shape index (κ3) is 3.75. The molecule has 0 bridgehead atoms. The third-order valence-electron chi connectivity index (χ3n) is 4.03. The first kappa shape index (κ1) is 16.9. The summed E-state index contributed by atoms with van der Waals surface area (Å²) in [7, 11) is 0. The Morgan fingerprint density at radius 2 is 1.80 bits per heavy atom. The van der Waals surface area contributed by atoms with Crippen molar-refractivity contribution in [3.63, 3.8) is 0 Å². The van der Waals surface area contributed by atoms with Crippen molar-refractivity contribution in [2.24, 2.45) is 0 Å². The quantitative estimate of drug-likeness (QED) is 0.749. The molecule has 6 heteroatoms. The van der Waals surface area contributed by atoms with E-state index in [1.807, 2.05) is 61.5 Å². The van der Waals surface area contributed by atoms with Gasteiger partial charge in [-0.2, -0.15) is 0 Å². The summed E-state index contributed by atoms with van der Waals surface area (Å²) in [4.78, 5) is 12.4. The van der Waals surface area contributed by atoms with Crippen molar-refractivity contribution in [3.8, 4) is 5.69 Å². The number of hydrogen-bond donors (Lipinski definition) is 2. The molecule has 3 rings (SSSR count). The summed E-state index contributed by atoms with van der Waals surface area (Å²) >= 11 is 0. The Bertz CT molecular complexity index is 857. The maximum atomic E-state index is 12.4. The van der Waals surface area contributed by atoms with Crippen molar-refractivity contribution in [2.75, 3.05) is 6.54 Å². The Morgan fingerprint density at radius 3 is 2.48 bits per heavy atom. The third-order valence-corrected chi connectivity index (χ3v) is 4.03. The predicted octanol–water partition coefficient (Wildman–Crippen LogP) is 2.35. The molecule has 1 atom stereocenters. The minimum absolute atomic E-state index is 0.111. The summed E-state index contributed by atoms with van der Waals surface area (Å²) in [5.74, 6) is -0.356. The number of carbonyl (C=O) groups is 1. The lowest BCUT2D eigenvalue weighted by Gasteiger charge is -2.11. The van der Waals surface area contributed by atoms with Gasteiger partial charge in [-0.15, -0.1) is 5.10 Å². The minimum atomic E-state index is -0.766. The van der Waals surface area contributed by atoms with Gasteiger partial charge in [0.1, 0.15) is 0 Å². The number of carbonyl (C=O) groups excluding carboxylic acids is 1. The lowest BCUT2D eigenvalue weighted by atomic mass is 10.1. The molecule has 6 nitrogen and oxygen atoms in total. The van der Waals surface area contributed by atoms with Crippen LogP contribution in [0.1, 0.15) is 33.4 Å². The van der Waals surface area contributed by atoms with Crippen molar-refractivity contribution in [1.82, 2.24) is 20.3 Å². The SMILES string of the molecule is Cc1ccc(-n2nnc(C(=O)NC[C@@H](O)c3ccccc3)c2C)cc1. The van der Waals surface area contributed by atoms with Crippen LogP contribution in [0.3, 0.4) is 0 Å². The molecule has 0 unspecified atom stereocenters. The van der Waals surface area contributed by atoms with Crippen LogP contribution in [-0.2, 0) is 0 Å². The van der Waals surface area contributed by atoms with Crippen LogP contribution in [0.15, 0.2) is 54.6 Å².